The first kappa shape index (κ1) is 18.0. The van der Waals surface area contributed by atoms with Crippen LogP contribution in [0.25, 0.3) is 0 Å². The maximum absolute atomic E-state index is 11.7. The quantitative estimate of drug-likeness (QED) is 0.805. The summed E-state index contributed by atoms with van der Waals surface area (Å²) in [4.78, 5) is 27.3. The first-order valence-corrected chi connectivity index (χ1v) is 7.45. The number of hydrogen-bond donors (Lipinski definition) is 2. The van der Waals surface area contributed by atoms with Gasteiger partial charge in [0, 0.05) is 25.4 Å². The van der Waals surface area contributed by atoms with Crippen molar-refractivity contribution in [2.75, 3.05) is 0 Å². The molecule has 1 aromatic heterocycles. The van der Waals surface area contributed by atoms with E-state index in [2.05, 4.69) is 17.2 Å². The Kier molecular flexibility index (Phi) is 6.39. The van der Waals surface area contributed by atoms with Crippen LogP contribution in [0.2, 0.25) is 0 Å². The topological polar surface area (TPSA) is 93.5 Å². The molecule has 0 aromatic carbocycles. The summed E-state index contributed by atoms with van der Waals surface area (Å²) in [7, 11) is 0. The molecule has 0 aliphatic carbocycles. The molecule has 124 valence electrons. The molecule has 0 fully saturated rings. The van der Waals surface area contributed by atoms with Crippen molar-refractivity contribution in [1.29, 1.82) is 0 Å². The molecule has 0 radical (unpaired) electrons. The average molecular weight is 311 g/mol. The number of amides is 1. The second kappa shape index (κ2) is 7.82. The SMILES string of the molecule is CCCCn1ccnc1CC(NC(=O)OC(C)(C)C)C(=O)O. The lowest BCUT2D eigenvalue weighted by molar-refractivity contribution is -0.139. The fourth-order valence-electron chi connectivity index (χ4n) is 1.89. The van der Waals surface area contributed by atoms with E-state index in [0.717, 1.165) is 19.4 Å². The Hall–Kier alpha value is -2.05. The summed E-state index contributed by atoms with van der Waals surface area (Å²) in [5, 5.41) is 11.7. The van der Waals surface area contributed by atoms with Crippen LogP contribution >= 0.6 is 0 Å². The predicted octanol–water partition coefficient (Wildman–Crippen LogP) is 2.20. The third kappa shape index (κ3) is 6.15. The van der Waals surface area contributed by atoms with Crippen molar-refractivity contribution in [3.8, 4) is 0 Å². The second-order valence-corrected chi connectivity index (χ2v) is 6.13. The highest BCUT2D eigenvalue weighted by atomic mass is 16.6. The van der Waals surface area contributed by atoms with Gasteiger partial charge in [0.1, 0.15) is 17.5 Å². The molecule has 0 bridgehead atoms. The summed E-state index contributed by atoms with van der Waals surface area (Å²) in [6.45, 7) is 8.03. The molecule has 0 saturated carbocycles. The monoisotopic (exact) mass is 311 g/mol. The van der Waals surface area contributed by atoms with Crippen LogP contribution in [0.1, 0.15) is 46.4 Å². The van der Waals surface area contributed by atoms with Gasteiger partial charge >= 0.3 is 12.1 Å². The number of nitrogens with zero attached hydrogens (tertiary/aromatic N) is 2. The van der Waals surface area contributed by atoms with E-state index in [1.165, 1.54) is 0 Å². The second-order valence-electron chi connectivity index (χ2n) is 6.13. The number of unbranched alkanes of at least 4 members (excludes halogenated alkanes) is 1. The number of alkyl carbamates (subject to hydrolysis) is 1. The number of ether oxygens (including phenoxy) is 1. The van der Waals surface area contributed by atoms with Gasteiger partial charge in [-0.2, -0.15) is 0 Å². The van der Waals surface area contributed by atoms with Gasteiger partial charge in [0.15, 0.2) is 0 Å². The summed E-state index contributed by atoms with van der Waals surface area (Å²) in [6.07, 6.45) is 4.85. The minimum absolute atomic E-state index is 0.116. The molecule has 1 amide bonds. The number of carbonyl (C=O) groups is 2. The molecule has 7 heteroatoms. The van der Waals surface area contributed by atoms with Gasteiger partial charge in [-0.3, -0.25) is 0 Å². The summed E-state index contributed by atoms with van der Waals surface area (Å²) in [5.74, 6) is -0.479. The number of aromatic nitrogens is 2. The van der Waals surface area contributed by atoms with Crippen LogP contribution in [0.15, 0.2) is 12.4 Å². The first-order chi connectivity index (χ1) is 10.2. The molecule has 1 aromatic rings. The number of aliphatic carboxylic acids is 1. The maximum Gasteiger partial charge on any atom is 0.408 e. The number of carboxylic acid groups (broad SMARTS) is 1. The van der Waals surface area contributed by atoms with Gasteiger partial charge < -0.3 is 19.7 Å². The van der Waals surface area contributed by atoms with Crippen LogP contribution in [-0.2, 0) is 22.5 Å². The van der Waals surface area contributed by atoms with Crippen molar-refractivity contribution in [2.24, 2.45) is 0 Å². The highest BCUT2D eigenvalue weighted by Crippen LogP contribution is 2.09. The predicted molar refractivity (Wildman–Crippen MR) is 81.6 cm³/mol. The number of carbonyl (C=O) groups excluding carboxylic acids is 1. The molecule has 0 spiro atoms. The van der Waals surface area contributed by atoms with Crippen LogP contribution in [0.5, 0.6) is 0 Å². The molecular formula is C15H25N3O4. The van der Waals surface area contributed by atoms with Crippen molar-refractivity contribution in [3.05, 3.63) is 18.2 Å². The van der Waals surface area contributed by atoms with Crippen molar-refractivity contribution in [3.63, 3.8) is 0 Å². The molecular weight excluding hydrogens is 286 g/mol. The van der Waals surface area contributed by atoms with E-state index in [0.29, 0.717) is 5.82 Å². The fourth-order valence-corrected chi connectivity index (χ4v) is 1.89. The Morgan fingerprint density at radius 3 is 2.68 bits per heavy atom. The number of hydrogen-bond acceptors (Lipinski definition) is 4. The zero-order chi connectivity index (χ0) is 16.8. The molecule has 1 unspecified atom stereocenters. The summed E-state index contributed by atoms with van der Waals surface area (Å²) < 4.78 is 7.01. The van der Waals surface area contributed by atoms with Crippen LogP contribution in [0, 0.1) is 0 Å². The maximum atomic E-state index is 11.7. The minimum Gasteiger partial charge on any atom is -0.480 e. The Bertz CT molecular complexity index is 505. The highest BCUT2D eigenvalue weighted by Gasteiger charge is 2.25. The third-order valence-electron chi connectivity index (χ3n) is 2.93. The van der Waals surface area contributed by atoms with Crippen molar-refractivity contribution in [1.82, 2.24) is 14.9 Å². The van der Waals surface area contributed by atoms with Gasteiger partial charge in [-0.05, 0) is 27.2 Å². The van der Waals surface area contributed by atoms with Gasteiger partial charge in [0.25, 0.3) is 0 Å². The van der Waals surface area contributed by atoms with E-state index in [4.69, 9.17) is 4.74 Å². The Morgan fingerprint density at radius 2 is 2.14 bits per heavy atom. The zero-order valence-corrected chi connectivity index (χ0v) is 13.6. The van der Waals surface area contributed by atoms with Crippen molar-refractivity contribution >= 4 is 12.1 Å². The number of nitrogens with one attached hydrogen (secondary N) is 1. The van der Waals surface area contributed by atoms with E-state index in [-0.39, 0.29) is 6.42 Å². The number of imidazole rings is 1. The Labute approximate surface area is 130 Å². The molecule has 1 atom stereocenters. The molecule has 1 heterocycles. The zero-order valence-electron chi connectivity index (χ0n) is 13.6. The van der Waals surface area contributed by atoms with Gasteiger partial charge in [-0.15, -0.1) is 0 Å². The first-order valence-electron chi connectivity index (χ1n) is 7.45. The minimum atomic E-state index is -1.11. The molecule has 2 N–H and O–H groups in total. The number of carboxylic acids is 1. The van der Waals surface area contributed by atoms with Gasteiger partial charge in [-0.25, -0.2) is 14.6 Å². The molecule has 0 aliphatic heterocycles. The number of aryl methyl sites for hydroxylation is 1. The largest absolute Gasteiger partial charge is 0.480 e. The molecule has 22 heavy (non-hydrogen) atoms. The van der Waals surface area contributed by atoms with Gasteiger partial charge in [-0.1, -0.05) is 13.3 Å². The van der Waals surface area contributed by atoms with E-state index in [9.17, 15) is 14.7 Å². The molecule has 0 aliphatic rings. The standard InChI is InChI=1S/C15H25N3O4/c1-5-6-8-18-9-7-16-12(18)10-11(13(19)20)17-14(21)22-15(2,3)4/h7,9,11H,5-6,8,10H2,1-4H3,(H,17,21)(H,19,20). The Balaban J connectivity index is 2.71. The van der Waals surface area contributed by atoms with Crippen LogP contribution in [-0.4, -0.2) is 38.4 Å². The third-order valence-corrected chi connectivity index (χ3v) is 2.93. The van der Waals surface area contributed by atoms with Crippen LogP contribution < -0.4 is 5.32 Å². The molecule has 0 saturated heterocycles. The fraction of sp³-hybridized carbons (Fsp3) is 0.667. The highest BCUT2D eigenvalue weighted by molar-refractivity contribution is 5.80. The van der Waals surface area contributed by atoms with E-state index in [1.807, 2.05) is 10.8 Å². The van der Waals surface area contributed by atoms with Crippen molar-refractivity contribution < 1.29 is 19.4 Å². The lowest BCUT2D eigenvalue weighted by Crippen LogP contribution is -2.45. The summed E-state index contributed by atoms with van der Waals surface area (Å²) in [6, 6.07) is -1.07. The van der Waals surface area contributed by atoms with Crippen molar-refractivity contribution in [2.45, 2.75) is 65.1 Å². The van der Waals surface area contributed by atoms with Gasteiger partial charge in [0.2, 0.25) is 0 Å². The molecule has 7 nitrogen and oxygen atoms in total. The van der Waals surface area contributed by atoms with Crippen LogP contribution in [0.4, 0.5) is 4.79 Å². The van der Waals surface area contributed by atoms with E-state index < -0.39 is 23.7 Å². The lowest BCUT2D eigenvalue weighted by Gasteiger charge is -2.22. The summed E-state index contributed by atoms with van der Waals surface area (Å²) >= 11 is 0. The Morgan fingerprint density at radius 1 is 1.45 bits per heavy atom. The molecule has 1 rings (SSSR count). The average Bonchev–Trinajstić information content (AvgIpc) is 2.80. The lowest BCUT2D eigenvalue weighted by atomic mass is 10.2. The van der Waals surface area contributed by atoms with E-state index >= 15 is 0 Å². The summed E-state index contributed by atoms with van der Waals surface area (Å²) in [5.41, 5.74) is -0.674. The smallest absolute Gasteiger partial charge is 0.408 e. The van der Waals surface area contributed by atoms with E-state index in [1.54, 1.807) is 27.0 Å². The van der Waals surface area contributed by atoms with Crippen LogP contribution in [0.3, 0.4) is 0 Å². The van der Waals surface area contributed by atoms with Gasteiger partial charge in [0.05, 0.1) is 0 Å². The normalized spacial score (nSPS) is 12.7. The number of rotatable bonds is 7.